The van der Waals surface area contributed by atoms with Crippen LogP contribution < -0.4 is 4.74 Å². The highest BCUT2D eigenvalue weighted by Gasteiger charge is 2.00. The predicted octanol–water partition coefficient (Wildman–Crippen LogP) is 2.19. The third-order valence-corrected chi connectivity index (χ3v) is 1.99. The van der Waals surface area contributed by atoms with E-state index in [4.69, 9.17) is 4.74 Å². The van der Waals surface area contributed by atoms with Crippen LogP contribution in [0.25, 0.3) is 6.08 Å². The van der Waals surface area contributed by atoms with E-state index in [1.165, 1.54) is 13.2 Å². The summed E-state index contributed by atoms with van der Waals surface area (Å²) in [6, 6.07) is 5.76. The molecule has 0 bridgehead atoms. The number of ether oxygens (including phenoxy) is 2. The fourth-order valence-electron chi connectivity index (χ4n) is 1.21. The molecule has 0 spiro atoms. The van der Waals surface area contributed by atoms with E-state index in [1.54, 1.807) is 13.2 Å². The van der Waals surface area contributed by atoms with Gasteiger partial charge in [-0.3, -0.25) is 0 Å². The lowest BCUT2D eigenvalue weighted by atomic mass is 10.1. The number of benzene rings is 1. The minimum Gasteiger partial charge on any atom is -0.496 e. The Kier molecular flexibility index (Phi) is 3.92. The largest absolute Gasteiger partial charge is 0.496 e. The summed E-state index contributed by atoms with van der Waals surface area (Å²) in [5, 5.41) is 0. The Morgan fingerprint density at radius 2 is 2.07 bits per heavy atom. The molecule has 15 heavy (non-hydrogen) atoms. The highest BCUT2D eigenvalue weighted by atomic mass is 16.5. The summed E-state index contributed by atoms with van der Waals surface area (Å²) in [5.41, 5.74) is 1.98. The Balaban J connectivity index is 2.96. The maximum Gasteiger partial charge on any atom is 0.330 e. The van der Waals surface area contributed by atoms with E-state index in [-0.39, 0.29) is 5.97 Å². The number of methoxy groups -OCH3 is 2. The molecule has 0 fully saturated rings. The Labute approximate surface area is 89.3 Å². The third-order valence-electron chi connectivity index (χ3n) is 1.99. The SMILES string of the molecule is COC(=O)C=Cc1cc(C)ccc1OC. The molecule has 3 nitrogen and oxygen atoms in total. The topological polar surface area (TPSA) is 35.5 Å². The van der Waals surface area contributed by atoms with Gasteiger partial charge in [-0.05, 0) is 25.1 Å². The van der Waals surface area contributed by atoms with Crippen molar-refractivity contribution in [2.75, 3.05) is 14.2 Å². The van der Waals surface area contributed by atoms with Crippen molar-refractivity contribution in [1.82, 2.24) is 0 Å². The molecular weight excluding hydrogens is 192 g/mol. The summed E-state index contributed by atoms with van der Waals surface area (Å²) in [6.45, 7) is 1.98. The minimum atomic E-state index is -0.376. The molecule has 0 unspecified atom stereocenters. The Morgan fingerprint density at radius 1 is 1.33 bits per heavy atom. The van der Waals surface area contributed by atoms with E-state index in [2.05, 4.69) is 4.74 Å². The first-order valence-corrected chi connectivity index (χ1v) is 4.58. The normalized spacial score (nSPS) is 10.3. The van der Waals surface area contributed by atoms with Crippen LogP contribution in [0.5, 0.6) is 5.75 Å². The van der Waals surface area contributed by atoms with Crippen molar-refractivity contribution in [3.63, 3.8) is 0 Å². The molecule has 80 valence electrons. The molecule has 1 aromatic rings. The molecule has 1 aromatic carbocycles. The number of esters is 1. The molecule has 0 heterocycles. The van der Waals surface area contributed by atoms with Crippen molar-refractivity contribution in [1.29, 1.82) is 0 Å². The number of hydrogen-bond donors (Lipinski definition) is 0. The van der Waals surface area contributed by atoms with Crippen LogP contribution in [0.1, 0.15) is 11.1 Å². The van der Waals surface area contributed by atoms with Crippen LogP contribution >= 0.6 is 0 Å². The van der Waals surface area contributed by atoms with Gasteiger partial charge in [-0.25, -0.2) is 4.79 Å². The van der Waals surface area contributed by atoms with Crippen molar-refractivity contribution < 1.29 is 14.3 Å². The lowest BCUT2D eigenvalue weighted by molar-refractivity contribution is -0.134. The first-order valence-electron chi connectivity index (χ1n) is 4.58. The molecule has 1 rings (SSSR count). The zero-order valence-corrected chi connectivity index (χ0v) is 9.11. The summed E-state index contributed by atoms with van der Waals surface area (Å²) in [4.78, 5) is 10.9. The van der Waals surface area contributed by atoms with Crippen LogP contribution in [0, 0.1) is 6.92 Å². The average Bonchev–Trinajstić information content (AvgIpc) is 2.26. The van der Waals surface area contributed by atoms with Gasteiger partial charge in [-0.2, -0.15) is 0 Å². The van der Waals surface area contributed by atoms with E-state index >= 15 is 0 Å². The summed E-state index contributed by atoms with van der Waals surface area (Å²) < 4.78 is 9.67. The highest BCUT2D eigenvalue weighted by Crippen LogP contribution is 2.20. The number of carbonyl (C=O) groups excluding carboxylic acids is 1. The number of hydrogen-bond acceptors (Lipinski definition) is 3. The van der Waals surface area contributed by atoms with Crippen LogP contribution in [0.4, 0.5) is 0 Å². The van der Waals surface area contributed by atoms with E-state index in [9.17, 15) is 4.79 Å². The first-order chi connectivity index (χ1) is 7.17. The molecular formula is C12H14O3. The zero-order valence-electron chi connectivity index (χ0n) is 9.11. The number of rotatable bonds is 3. The van der Waals surface area contributed by atoms with E-state index in [0.717, 1.165) is 16.9 Å². The number of carbonyl (C=O) groups is 1. The smallest absolute Gasteiger partial charge is 0.330 e. The second-order valence-corrected chi connectivity index (χ2v) is 3.10. The Hall–Kier alpha value is -1.77. The minimum absolute atomic E-state index is 0.376. The van der Waals surface area contributed by atoms with Crippen molar-refractivity contribution in [2.45, 2.75) is 6.92 Å². The lowest BCUT2D eigenvalue weighted by Gasteiger charge is -2.05. The van der Waals surface area contributed by atoms with Crippen molar-refractivity contribution in [3.05, 3.63) is 35.4 Å². The molecule has 0 aliphatic rings. The van der Waals surface area contributed by atoms with Gasteiger partial charge in [0.25, 0.3) is 0 Å². The summed E-state index contributed by atoms with van der Waals surface area (Å²) >= 11 is 0. The summed E-state index contributed by atoms with van der Waals surface area (Å²) in [5.74, 6) is 0.360. The molecule has 0 saturated heterocycles. The quantitative estimate of drug-likeness (QED) is 0.561. The standard InChI is InChI=1S/C12H14O3/c1-9-4-6-11(14-2)10(8-9)5-7-12(13)15-3/h4-8H,1-3H3. The van der Waals surface area contributed by atoms with Crippen molar-refractivity contribution in [3.8, 4) is 5.75 Å². The molecule has 0 saturated carbocycles. The highest BCUT2D eigenvalue weighted by molar-refractivity contribution is 5.87. The van der Waals surface area contributed by atoms with E-state index in [1.807, 2.05) is 25.1 Å². The van der Waals surface area contributed by atoms with Gasteiger partial charge >= 0.3 is 5.97 Å². The lowest BCUT2D eigenvalue weighted by Crippen LogP contribution is -1.94. The molecule has 0 aromatic heterocycles. The van der Waals surface area contributed by atoms with Gasteiger partial charge in [0.2, 0.25) is 0 Å². The second-order valence-electron chi connectivity index (χ2n) is 3.10. The van der Waals surface area contributed by atoms with Gasteiger partial charge < -0.3 is 9.47 Å². The zero-order chi connectivity index (χ0) is 11.3. The molecule has 0 radical (unpaired) electrons. The maximum absolute atomic E-state index is 10.9. The summed E-state index contributed by atoms with van der Waals surface area (Å²) in [7, 11) is 2.94. The molecule has 3 heteroatoms. The average molecular weight is 206 g/mol. The first kappa shape index (κ1) is 11.3. The molecule has 0 N–H and O–H groups in total. The molecule has 0 aliphatic heterocycles. The van der Waals surface area contributed by atoms with Gasteiger partial charge in [0.15, 0.2) is 0 Å². The second kappa shape index (κ2) is 5.20. The van der Waals surface area contributed by atoms with E-state index in [0.29, 0.717) is 0 Å². The van der Waals surface area contributed by atoms with E-state index < -0.39 is 0 Å². The fourth-order valence-corrected chi connectivity index (χ4v) is 1.21. The summed E-state index contributed by atoms with van der Waals surface area (Å²) in [6.07, 6.45) is 3.05. The Morgan fingerprint density at radius 3 is 2.67 bits per heavy atom. The molecule has 0 aliphatic carbocycles. The van der Waals surface area contributed by atoms with Crippen molar-refractivity contribution >= 4 is 12.0 Å². The fraction of sp³-hybridized carbons (Fsp3) is 0.250. The Bertz CT molecular complexity index is 380. The van der Waals surface area contributed by atoms with Gasteiger partial charge in [0, 0.05) is 11.6 Å². The predicted molar refractivity (Wildman–Crippen MR) is 58.8 cm³/mol. The van der Waals surface area contributed by atoms with Gasteiger partial charge in [-0.15, -0.1) is 0 Å². The van der Waals surface area contributed by atoms with Gasteiger partial charge in [0.1, 0.15) is 5.75 Å². The number of aryl methyl sites for hydroxylation is 1. The van der Waals surface area contributed by atoms with Crippen LogP contribution in [0.3, 0.4) is 0 Å². The molecule has 0 atom stereocenters. The third kappa shape index (κ3) is 3.13. The van der Waals surface area contributed by atoms with Crippen LogP contribution in [0.15, 0.2) is 24.3 Å². The van der Waals surface area contributed by atoms with Crippen molar-refractivity contribution in [2.24, 2.45) is 0 Å². The van der Waals surface area contributed by atoms with Crippen LogP contribution in [0.2, 0.25) is 0 Å². The maximum atomic E-state index is 10.9. The van der Waals surface area contributed by atoms with Gasteiger partial charge in [0.05, 0.1) is 14.2 Å². The van der Waals surface area contributed by atoms with Crippen LogP contribution in [-0.4, -0.2) is 20.2 Å². The monoisotopic (exact) mass is 206 g/mol. The molecule has 0 amide bonds. The van der Waals surface area contributed by atoms with Crippen LogP contribution in [-0.2, 0) is 9.53 Å². The van der Waals surface area contributed by atoms with Gasteiger partial charge in [-0.1, -0.05) is 11.6 Å².